The average Bonchev–Trinajstić information content (AvgIpc) is 3.60. The summed E-state index contributed by atoms with van der Waals surface area (Å²) in [5.41, 5.74) is 16.8. The van der Waals surface area contributed by atoms with Crippen LogP contribution >= 0.6 is 0 Å². The molecule has 1 aliphatic heterocycles. The van der Waals surface area contributed by atoms with Crippen molar-refractivity contribution in [1.29, 1.82) is 0 Å². The molecule has 0 radical (unpaired) electrons. The minimum absolute atomic E-state index is 0.488. The van der Waals surface area contributed by atoms with Gasteiger partial charge in [-0.25, -0.2) is 0 Å². The van der Waals surface area contributed by atoms with Gasteiger partial charge in [-0.2, -0.15) is 0 Å². The van der Waals surface area contributed by atoms with E-state index in [9.17, 15) is 0 Å². The van der Waals surface area contributed by atoms with E-state index in [1.165, 1.54) is 77.4 Å². The quantitative estimate of drug-likeness (QED) is 0.162. The van der Waals surface area contributed by atoms with Gasteiger partial charge in [0.05, 0.1) is 16.8 Å². The third kappa shape index (κ3) is 5.00. The Bertz CT molecular complexity index is 3140. The van der Waals surface area contributed by atoms with Gasteiger partial charge in [-0.1, -0.05) is 158 Å². The Morgan fingerprint density at radius 1 is 0.322 bits per heavy atom. The number of fused-ring (bicyclic) bond motifs is 12. The standard InChI is InChI=1S/C57H38N2/c1-4-16-43(17-5-1)58(44-18-6-2-7-19-44)46-32-35-48-42(37-46)29-28-41-36-39(30-33-47(41)48)40-31-34-50-49-22-10-11-23-51(49)57(54(50)38-40)52-24-12-14-26-55(52)59(45-20-8-3-9-21-45)56-27-15-13-25-53(56)57/h1-38H. The van der Waals surface area contributed by atoms with E-state index in [1.54, 1.807) is 0 Å². The lowest BCUT2D eigenvalue weighted by Crippen LogP contribution is -2.36. The molecule has 0 saturated heterocycles. The lowest BCUT2D eigenvalue weighted by atomic mass is 9.64. The Balaban J connectivity index is 1.00. The second-order valence-electron chi connectivity index (χ2n) is 15.7. The van der Waals surface area contributed by atoms with Crippen LogP contribution in [0.5, 0.6) is 0 Å². The van der Waals surface area contributed by atoms with Gasteiger partial charge < -0.3 is 9.80 Å². The summed E-state index contributed by atoms with van der Waals surface area (Å²) < 4.78 is 0. The SMILES string of the molecule is c1ccc(N(c2ccccc2)c2ccc3c(ccc4cc(-c5ccc6c(c5)C5(c7ccccc7-6)c6ccccc6N(c6ccccc6)c6ccccc65)ccc43)c2)cc1. The molecule has 0 saturated carbocycles. The molecule has 0 N–H and O–H groups in total. The molecule has 0 fully saturated rings. The van der Waals surface area contributed by atoms with Crippen LogP contribution in [0.25, 0.3) is 43.8 Å². The fourth-order valence-electron chi connectivity index (χ4n) is 10.1. The largest absolute Gasteiger partial charge is 0.310 e. The van der Waals surface area contributed by atoms with Crippen LogP contribution < -0.4 is 9.80 Å². The molecule has 2 nitrogen and oxygen atoms in total. The number of hydrogen-bond acceptors (Lipinski definition) is 2. The Labute approximate surface area is 344 Å². The molecule has 59 heavy (non-hydrogen) atoms. The Morgan fingerprint density at radius 2 is 0.814 bits per heavy atom. The summed E-state index contributed by atoms with van der Waals surface area (Å²) in [4.78, 5) is 4.77. The monoisotopic (exact) mass is 750 g/mol. The molecule has 0 bridgehead atoms. The first kappa shape index (κ1) is 33.5. The smallest absolute Gasteiger partial charge is 0.0754 e. The first-order chi connectivity index (χ1) is 29.3. The zero-order chi connectivity index (χ0) is 38.9. The maximum atomic E-state index is 2.48. The third-order valence-electron chi connectivity index (χ3n) is 12.6. The highest BCUT2D eigenvalue weighted by molar-refractivity contribution is 6.10. The van der Waals surface area contributed by atoms with Crippen molar-refractivity contribution in [1.82, 2.24) is 0 Å². The van der Waals surface area contributed by atoms with Crippen molar-refractivity contribution in [3.8, 4) is 22.3 Å². The minimum atomic E-state index is -0.488. The fourth-order valence-corrected chi connectivity index (χ4v) is 10.1. The predicted molar refractivity (Wildman–Crippen MR) is 247 cm³/mol. The van der Waals surface area contributed by atoms with Crippen LogP contribution in [0.2, 0.25) is 0 Å². The predicted octanol–water partition coefficient (Wildman–Crippen LogP) is 15.3. The van der Waals surface area contributed by atoms with E-state index in [0.29, 0.717) is 0 Å². The molecule has 1 heterocycles. The van der Waals surface area contributed by atoms with Gasteiger partial charge in [-0.3, -0.25) is 0 Å². The van der Waals surface area contributed by atoms with Crippen molar-refractivity contribution in [2.24, 2.45) is 0 Å². The molecule has 12 rings (SSSR count). The van der Waals surface area contributed by atoms with E-state index in [-0.39, 0.29) is 0 Å². The molecule has 0 unspecified atom stereocenters. The van der Waals surface area contributed by atoms with Crippen molar-refractivity contribution in [2.45, 2.75) is 5.41 Å². The van der Waals surface area contributed by atoms with Crippen LogP contribution in [0.15, 0.2) is 231 Å². The zero-order valence-electron chi connectivity index (χ0n) is 32.3. The molecular formula is C57H38N2. The van der Waals surface area contributed by atoms with Crippen LogP contribution in [0.1, 0.15) is 22.3 Å². The topological polar surface area (TPSA) is 6.48 Å². The Morgan fingerprint density at radius 3 is 1.47 bits per heavy atom. The summed E-state index contributed by atoms with van der Waals surface area (Å²) in [7, 11) is 0. The molecular weight excluding hydrogens is 713 g/mol. The number of para-hydroxylation sites is 5. The average molecular weight is 751 g/mol. The molecule has 1 spiro atoms. The molecule has 2 heteroatoms. The van der Waals surface area contributed by atoms with Gasteiger partial charge in [-0.05, 0) is 139 Å². The van der Waals surface area contributed by atoms with E-state index in [2.05, 4.69) is 240 Å². The van der Waals surface area contributed by atoms with Gasteiger partial charge in [0.2, 0.25) is 0 Å². The van der Waals surface area contributed by atoms with Gasteiger partial charge in [-0.15, -0.1) is 0 Å². The summed E-state index contributed by atoms with van der Waals surface area (Å²) in [6.07, 6.45) is 0. The summed E-state index contributed by atoms with van der Waals surface area (Å²) >= 11 is 0. The molecule has 276 valence electrons. The Hall–Kier alpha value is -7.68. The highest BCUT2D eigenvalue weighted by atomic mass is 15.2. The van der Waals surface area contributed by atoms with Gasteiger partial charge in [0, 0.05) is 22.7 Å². The van der Waals surface area contributed by atoms with Crippen molar-refractivity contribution in [3.63, 3.8) is 0 Å². The van der Waals surface area contributed by atoms with E-state index in [4.69, 9.17) is 0 Å². The van der Waals surface area contributed by atoms with E-state index < -0.39 is 5.41 Å². The van der Waals surface area contributed by atoms with Gasteiger partial charge in [0.1, 0.15) is 0 Å². The van der Waals surface area contributed by atoms with E-state index in [0.717, 1.165) is 22.7 Å². The van der Waals surface area contributed by atoms with Crippen molar-refractivity contribution < 1.29 is 0 Å². The van der Waals surface area contributed by atoms with Gasteiger partial charge in [0.25, 0.3) is 0 Å². The molecule has 2 aliphatic rings. The number of nitrogens with zero attached hydrogens (tertiary/aromatic N) is 2. The van der Waals surface area contributed by atoms with Crippen molar-refractivity contribution in [2.75, 3.05) is 9.80 Å². The van der Waals surface area contributed by atoms with Crippen LogP contribution in [0.4, 0.5) is 34.1 Å². The molecule has 10 aromatic rings. The fraction of sp³-hybridized carbons (Fsp3) is 0.0175. The molecule has 1 aliphatic carbocycles. The van der Waals surface area contributed by atoms with Crippen LogP contribution in [0.3, 0.4) is 0 Å². The second-order valence-corrected chi connectivity index (χ2v) is 15.7. The first-order valence-electron chi connectivity index (χ1n) is 20.4. The lowest BCUT2D eigenvalue weighted by Gasteiger charge is -2.45. The summed E-state index contributed by atoms with van der Waals surface area (Å²) in [6.45, 7) is 0. The van der Waals surface area contributed by atoms with Crippen LogP contribution in [-0.4, -0.2) is 0 Å². The molecule has 0 aromatic heterocycles. The third-order valence-corrected chi connectivity index (χ3v) is 12.6. The number of benzene rings is 10. The van der Waals surface area contributed by atoms with Crippen molar-refractivity contribution >= 4 is 55.7 Å². The lowest BCUT2D eigenvalue weighted by molar-refractivity contribution is 0.753. The number of anilines is 6. The highest BCUT2D eigenvalue weighted by Crippen LogP contribution is 2.63. The number of rotatable bonds is 5. The number of hydrogen-bond donors (Lipinski definition) is 0. The molecule has 0 amide bonds. The van der Waals surface area contributed by atoms with Gasteiger partial charge >= 0.3 is 0 Å². The van der Waals surface area contributed by atoms with Crippen LogP contribution in [0, 0.1) is 0 Å². The van der Waals surface area contributed by atoms with E-state index >= 15 is 0 Å². The summed E-state index contributed by atoms with van der Waals surface area (Å²) in [5, 5.41) is 4.96. The minimum Gasteiger partial charge on any atom is -0.310 e. The van der Waals surface area contributed by atoms with Gasteiger partial charge in [0.15, 0.2) is 0 Å². The highest BCUT2D eigenvalue weighted by Gasteiger charge is 2.51. The normalized spacial score (nSPS) is 13.2. The first-order valence-corrected chi connectivity index (χ1v) is 20.4. The van der Waals surface area contributed by atoms with E-state index in [1.807, 2.05) is 0 Å². The Kier molecular flexibility index (Phi) is 7.48. The zero-order valence-corrected chi connectivity index (χ0v) is 32.3. The second kappa shape index (κ2) is 13.2. The van der Waals surface area contributed by atoms with Crippen molar-refractivity contribution in [3.05, 3.63) is 253 Å². The summed E-state index contributed by atoms with van der Waals surface area (Å²) in [5.74, 6) is 0. The maximum absolute atomic E-state index is 2.48. The molecule has 10 aromatic carbocycles. The van der Waals surface area contributed by atoms with Crippen LogP contribution in [-0.2, 0) is 5.41 Å². The maximum Gasteiger partial charge on any atom is 0.0754 e. The summed E-state index contributed by atoms with van der Waals surface area (Å²) in [6, 6.07) is 84.7. The molecule has 0 atom stereocenters.